The zero-order valence-electron chi connectivity index (χ0n) is 7.55. The van der Waals surface area contributed by atoms with Crippen molar-refractivity contribution in [2.24, 2.45) is 5.92 Å². The third-order valence-corrected chi connectivity index (χ3v) is 2.38. The van der Waals surface area contributed by atoms with Gasteiger partial charge >= 0.3 is 0 Å². The van der Waals surface area contributed by atoms with E-state index >= 15 is 0 Å². The molecule has 0 radical (unpaired) electrons. The van der Waals surface area contributed by atoms with Crippen molar-refractivity contribution in [3.8, 4) is 0 Å². The van der Waals surface area contributed by atoms with Crippen LogP contribution >= 0.6 is 0 Å². The summed E-state index contributed by atoms with van der Waals surface area (Å²) in [6, 6.07) is -0.0995. The lowest BCUT2D eigenvalue weighted by Gasteiger charge is -2.25. The van der Waals surface area contributed by atoms with Crippen LogP contribution < -0.4 is 5.32 Å². The van der Waals surface area contributed by atoms with E-state index < -0.39 is 0 Å². The van der Waals surface area contributed by atoms with Gasteiger partial charge in [-0.2, -0.15) is 0 Å². The summed E-state index contributed by atoms with van der Waals surface area (Å²) >= 11 is 0. The second-order valence-electron chi connectivity index (χ2n) is 3.65. The Balaban J connectivity index is 2.10. The van der Waals surface area contributed by atoms with Crippen molar-refractivity contribution in [3.63, 3.8) is 0 Å². The molecule has 1 unspecified atom stereocenters. The minimum Gasteiger partial charge on any atom is -0.394 e. The molecule has 1 rings (SSSR count). The highest BCUT2D eigenvalue weighted by Gasteiger charge is 2.20. The highest BCUT2D eigenvalue weighted by atomic mass is 16.3. The minimum absolute atomic E-state index is 0.0242. The Labute approximate surface area is 73.2 Å². The van der Waals surface area contributed by atoms with E-state index in [1.807, 2.05) is 0 Å². The molecule has 0 aromatic heterocycles. The van der Waals surface area contributed by atoms with E-state index in [-0.39, 0.29) is 18.6 Å². The van der Waals surface area contributed by atoms with E-state index in [4.69, 9.17) is 5.11 Å². The van der Waals surface area contributed by atoms with E-state index in [2.05, 4.69) is 5.32 Å². The molecule has 0 bridgehead atoms. The largest absolute Gasteiger partial charge is 0.394 e. The molecule has 1 amide bonds. The van der Waals surface area contributed by atoms with Gasteiger partial charge in [0.25, 0.3) is 0 Å². The standard InChI is InChI=1S/C9H17NO2/c1-7(6-11)10-9(12)5-8-3-2-4-8/h7-8,11H,2-6H2,1H3,(H,10,12). The average Bonchev–Trinajstić information content (AvgIpc) is 1.97. The van der Waals surface area contributed by atoms with Crippen molar-refractivity contribution < 1.29 is 9.90 Å². The molecule has 1 fully saturated rings. The zero-order valence-corrected chi connectivity index (χ0v) is 7.55. The molecule has 12 heavy (non-hydrogen) atoms. The fourth-order valence-corrected chi connectivity index (χ4v) is 1.34. The van der Waals surface area contributed by atoms with Crippen LogP contribution in [0.25, 0.3) is 0 Å². The molecule has 0 aliphatic heterocycles. The first-order chi connectivity index (χ1) is 5.72. The SMILES string of the molecule is CC(CO)NC(=O)CC1CCC1. The lowest BCUT2D eigenvalue weighted by atomic mass is 9.83. The number of hydrogen-bond donors (Lipinski definition) is 2. The van der Waals surface area contributed by atoms with Crippen LogP contribution in [-0.2, 0) is 4.79 Å². The van der Waals surface area contributed by atoms with Crippen molar-refractivity contribution in [2.75, 3.05) is 6.61 Å². The Morgan fingerprint density at radius 3 is 2.75 bits per heavy atom. The summed E-state index contributed by atoms with van der Waals surface area (Å²) in [5, 5.41) is 11.4. The van der Waals surface area contributed by atoms with Gasteiger partial charge in [0.15, 0.2) is 0 Å². The maximum absolute atomic E-state index is 11.2. The van der Waals surface area contributed by atoms with Crippen molar-refractivity contribution in [1.29, 1.82) is 0 Å². The molecule has 70 valence electrons. The van der Waals surface area contributed by atoms with Crippen molar-refractivity contribution >= 4 is 5.91 Å². The van der Waals surface area contributed by atoms with Crippen LogP contribution in [0.5, 0.6) is 0 Å². The Bertz CT molecular complexity index is 146. The second kappa shape index (κ2) is 4.45. The molecular formula is C9H17NO2. The molecule has 3 heteroatoms. The summed E-state index contributed by atoms with van der Waals surface area (Å²) in [5.74, 6) is 0.692. The van der Waals surface area contributed by atoms with Gasteiger partial charge in [0.2, 0.25) is 5.91 Å². The van der Waals surface area contributed by atoms with Gasteiger partial charge in [-0.25, -0.2) is 0 Å². The number of carbonyl (C=O) groups excluding carboxylic acids is 1. The Morgan fingerprint density at radius 2 is 2.33 bits per heavy atom. The quantitative estimate of drug-likeness (QED) is 0.653. The normalized spacial score (nSPS) is 19.8. The number of amides is 1. The smallest absolute Gasteiger partial charge is 0.220 e. The first-order valence-electron chi connectivity index (χ1n) is 4.62. The zero-order chi connectivity index (χ0) is 8.97. The summed E-state index contributed by atoms with van der Waals surface area (Å²) in [5.41, 5.74) is 0. The average molecular weight is 171 g/mol. The van der Waals surface area contributed by atoms with Crippen LogP contribution in [0.1, 0.15) is 32.6 Å². The number of carbonyl (C=O) groups is 1. The molecule has 0 spiro atoms. The van der Waals surface area contributed by atoms with Gasteiger partial charge in [-0.05, 0) is 25.7 Å². The van der Waals surface area contributed by atoms with Crippen LogP contribution in [-0.4, -0.2) is 23.7 Å². The number of aliphatic hydroxyl groups excluding tert-OH is 1. The van der Waals surface area contributed by atoms with E-state index in [1.165, 1.54) is 19.3 Å². The first kappa shape index (κ1) is 9.52. The molecule has 2 N–H and O–H groups in total. The van der Waals surface area contributed by atoms with Gasteiger partial charge in [0.05, 0.1) is 6.61 Å². The fraction of sp³-hybridized carbons (Fsp3) is 0.889. The number of hydrogen-bond acceptors (Lipinski definition) is 2. The topological polar surface area (TPSA) is 49.3 Å². The first-order valence-corrected chi connectivity index (χ1v) is 4.62. The molecule has 0 saturated heterocycles. The van der Waals surface area contributed by atoms with Gasteiger partial charge in [-0.15, -0.1) is 0 Å². The highest BCUT2D eigenvalue weighted by molar-refractivity contribution is 5.76. The molecule has 0 aromatic carbocycles. The van der Waals surface area contributed by atoms with Crippen molar-refractivity contribution in [3.05, 3.63) is 0 Å². The molecule has 0 aromatic rings. The fourth-order valence-electron chi connectivity index (χ4n) is 1.34. The Kier molecular flexibility index (Phi) is 3.53. The summed E-state index contributed by atoms with van der Waals surface area (Å²) in [6.45, 7) is 1.83. The summed E-state index contributed by atoms with van der Waals surface area (Å²) in [4.78, 5) is 11.2. The van der Waals surface area contributed by atoms with Crippen LogP contribution in [0.3, 0.4) is 0 Å². The van der Waals surface area contributed by atoms with E-state index in [0.717, 1.165) is 0 Å². The third kappa shape index (κ3) is 2.81. The maximum Gasteiger partial charge on any atom is 0.220 e. The summed E-state index contributed by atoms with van der Waals surface area (Å²) in [7, 11) is 0. The maximum atomic E-state index is 11.2. The van der Waals surface area contributed by atoms with E-state index in [1.54, 1.807) is 6.92 Å². The Morgan fingerprint density at radius 1 is 1.67 bits per heavy atom. The second-order valence-corrected chi connectivity index (χ2v) is 3.65. The highest BCUT2D eigenvalue weighted by Crippen LogP contribution is 2.29. The van der Waals surface area contributed by atoms with Gasteiger partial charge < -0.3 is 10.4 Å². The predicted molar refractivity (Wildman–Crippen MR) is 46.6 cm³/mol. The third-order valence-electron chi connectivity index (χ3n) is 2.38. The summed E-state index contributed by atoms with van der Waals surface area (Å²) in [6.07, 6.45) is 4.31. The van der Waals surface area contributed by atoms with Crippen LogP contribution in [0.2, 0.25) is 0 Å². The van der Waals surface area contributed by atoms with Crippen LogP contribution in [0.15, 0.2) is 0 Å². The number of rotatable bonds is 4. The molecule has 3 nitrogen and oxygen atoms in total. The lowest BCUT2D eigenvalue weighted by molar-refractivity contribution is -0.123. The molecule has 1 aliphatic carbocycles. The van der Waals surface area contributed by atoms with Gasteiger partial charge in [0, 0.05) is 12.5 Å². The lowest BCUT2D eigenvalue weighted by Crippen LogP contribution is -2.36. The number of nitrogens with one attached hydrogen (secondary N) is 1. The van der Waals surface area contributed by atoms with Crippen molar-refractivity contribution in [2.45, 2.75) is 38.6 Å². The van der Waals surface area contributed by atoms with E-state index in [9.17, 15) is 4.79 Å². The molecule has 1 saturated carbocycles. The predicted octanol–water partition coefficient (Wildman–Crippen LogP) is 0.674. The minimum atomic E-state index is -0.0995. The summed E-state index contributed by atoms with van der Waals surface area (Å²) < 4.78 is 0. The monoisotopic (exact) mass is 171 g/mol. The Hall–Kier alpha value is -0.570. The van der Waals surface area contributed by atoms with Gasteiger partial charge in [0.1, 0.15) is 0 Å². The molecule has 1 atom stereocenters. The van der Waals surface area contributed by atoms with Crippen LogP contribution in [0.4, 0.5) is 0 Å². The molecular weight excluding hydrogens is 154 g/mol. The number of aliphatic hydroxyl groups is 1. The van der Waals surface area contributed by atoms with E-state index in [0.29, 0.717) is 12.3 Å². The van der Waals surface area contributed by atoms with Gasteiger partial charge in [-0.3, -0.25) is 4.79 Å². The van der Waals surface area contributed by atoms with Crippen molar-refractivity contribution in [1.82, 2.24) is 5.32 Å². The van der Waals surface area contributed by atoms with Crippen LogP contribution in [0, 0.1) is 5.92 Å². The molecule has 0 heterocycles. The van der Waals surface area contributed by atoms with Gasteiger partial charge in [-0.1, -0.05) is 6.42 Å². The molecule has 1 aliphatic rings.